The van der Waals surface area contributed by atoms with Crippen LogP contribution in [-0.4, -0.2) is 29.3 Å². The van der Waals surface area contributed by atoms with E-state index in [0.29, 0.717) is 16.6 Å². The normalized spacial score (nSPS) is 19.7. The zero-order valence-corrected chi connectivity index (χ0v) is 13.6. The lowest BCUT2D eigenvalue weighted by atomic mass is 10.0. The molecule has 0 radical (unpaired) electrons. The standard InChI is InChI=1S/C15H18BrFN2O2/c1-9(2)14-15(21)19(6-5-13(20)18-14)8-10-3-4-11(16)7-12(10)17/h3-4,7,9,14H,5-6,8H2,1-2H3,(H,18,20). The zero-order chi connectivity index (χ0) is 15.6. The Bertz CT molecular complexity index is 563. The molecule has 0 saturated carbocycles. The van der Waals surface area contributed by atoms with Gasteiger partial charge in [-0.1, -0.05) is 35.8 Å². The highest BCUT2D eigenvalue weighted by molar-refractivity contribution is 9.10. The first kappa shape index (κ1) is 15.9. The van der Waals surface area contributed by atoms with E-state index in [1.165, 1.54) is 6.07 Å². The minimum absolute atomic E-state index is 0.00295. The lowest BCUT2D eigenvalue weighted by Crippen LogP contribution is -2.47. The maximum atomic E-state index is 13.9. The summed E-state index contributed by atoms with van der Waals surface area (Å²) in [6, 6.07) is 4.22. The maximum absolute atomic E-state index is 13.9. The lowest BCUT2D eigenvalue weighted by molar-refractivity contribution is -0.135. The van der Waals surface area contributed by atoms with E-state index in [2.05, 4.69) is 21.2 Å². The number of halogens is 2. The molecule has 1 N–H and O–H groups in total. The van der Waals surface area contributed by atoms with Crippen LogP contribution in [0.5, 0.6) is 0 Å². The third kappa shape index (κ3) is 3.81. The van der Waals surface area contributed by atoms with Gasteiger partial charge >= 0.3 is 0 Å². The summed E-state index contributed by atoms with van der Waals surface area (Å²) in [5, 5.41) is 2.74. The van der Waals surface area contributed by atoms with Gasteiger partial charge in [0.2, 0.25) is 11.8 Å². The molecule has 0 aliphatic carbocycles. The molecule has 4 nitrogen and oxygen atoms in total. The maximum Gasteiger partial charge on any atom is 0.245 e. The first-order valence-electron chi connectivity index (χ1n) is 6.90. The van der Waals surface area contributed by atoms with Crippen LogP contribution >= 0.6 is 15.9 Å². The van der Waals surface area contributed by atoms with Crippen LogP contribution in [0.15, 0.2) is 22.7 Å². The predicted octanol–water partition coefficient (Wildman–Crippen LogP) is 2.46. The SMILES string of the molecule is CC(C)C1NC(=O)CCN(Cc2ccc(Br)cc2F)C1=O. The summed E-state index contributed by atoms with van der Waals surface area (Å²) in [4.78, 5) is 25.7. The Labute approximate surface area is 131 Å². The number of nitrogens with one attached hydrogen (secondary N) is 1. The van der Waals surface area contributed by atoms with Crippen LogP contribution in [0.1, 0.15) is 25.8 Å². The van der Waals surface area contributed by atoms with Crippen molar-refractivity contribution in [2.45, 2.75) is 32.9 Å². The molecule has 0 bridgehead atoms. The van der Waals surface area contributed by atoms with Gasteiger partial charge in [-0.15, -0.1) is 0 Å². The highest BCUT2D eigenvalue weighted by atomic mass is 79.9. The average molecular weight is 357 g/mol. The van der Waals surface area contributed by atoms with Crippen LogP contribution in [-0.2, 0) is 16.1 Å². The van der Waals surface area contributed by atoms with E-state index in [9.17, 15) is 14.0 Å². The number of carbonyl (C=O) groups excluding carboxylic acids is 2. The quantitative estimate of drug-likeness (QED) is 0.904. The van der Waals surface area contributed by atoms with Crippen molar-refractivity contribution in [3.8, 4) is 0 Å². The Morgan fingerprint density at radius 1 is 1.43 bits per heavy atom. The van der Waals surface area contributed by atoms with Gasteiger partial charge in [0, 0.05) is 29.5 Å². The van der Waals surface area contributed by atoms with E-state index in [-0.39, 0.29) is 36.5 Å². The van der Waals surface area contributed by atoms with Crippen LogP contribution < -0.4 is 5.32 Å². The first-order valence-corrected chi connectivity index (χ1v) is 7.70. The fourth-order valence-electron chi connectivity index (χ4n) is 2.32. The molecule has 2 rings (SSSR count). The summed E-state index contributed by atoms with van der Waals surface area (Å²) in [5.41, 5.74) is 0.448. The van der Waals surface area contributed by atoms with Crippen molar-refractivity contribution in [1.29, 1.82) is 0 Å². The summed E-state index contributed by atoms with van der Waals surface area (Å²) in [5.74, 6) is -0.655. The summed E-state index contributed by atoms with van der Waals surface area (Å²) >= 11 is 3.21. The molecule has 114 valence electrons. The van der Waals surface area contributed by atoms with Gasteiger partial charge in [0.15, 0.2) is 0 Å². The van der Waals surface area contributed by atoms with Crippen LogP contribution in [0, 0.1) is 11.7 Å². The predicted molar refractivity (Wildman–Crippen MR) is 80.9 cm³/mol. The number of carbonyl (C=O) groups is 2. The van der Waals surface area contributed by atoms with Gasteiger partial charge in [-0.2, -0.15) is 0 Å². The van der Waals surface area contributed by atoms with Gasteiger partial charge < -0.3 is 10.2 Å². The highest BCUT2D eigenvalue weighted by Gasteiger charge is 2.32. The summed E-state index contributed by atoms with van der Waals surface area (Å²) < 4.78 is 14.6. The van der Waals surface area contributed by atoms with Gasteiger partial charge in [0.05, 0.1) is 0 Å². The van der Waals surface area contributed by atoms with Crippen molar-refractivity contribution in [3.63, 3.8) is 0 Å². The average Bonchev–Trinajstić information content (AvgIpc) is 2.54. The number of rotatable bonds is 3. The second kappa shape index (κ2) is 6.56. The Balaban J connectivity index is 2.21. The molecule has 1 heterocycles. The van der Waals surface area contributed by atoms with Crippen LogP contribution in [0.25, 0.3) is 0 Å². The smallest absolute Gasteiger partial charge is 0.245 e. The molecule has 1 aromatic rings. The third-order valence-corrected chi connectivity index (χ3v) is 4.04. The molecule has 0 aromatic heterocycles. The summed E-state index contributed by atoms with van der Waals surface area (Å²) in [6.07, 6.45) is 0.243. The Morgan fingerprint density at radius 2 is 2.14 bits per heavy atom. The largest absolute Gasteiger partial charge is 0.344 e. The minimum atomic E-state index is -0.543. The zero-order valence-electron chi connectivity index (χ0n) is 12.0. The third-order valence-electron chi connectivity index (χ3n) is 3.55. The molecule has 6 heteroatoms. The van der Waals surface area contributed by atoms with Gasteiger partial charge in [-0.25, -0.2) is 4.39 Å². The minimum Gasteiger partial charge on any atom is -0.344 e. The van der Waals surface area contributed by atoms with Gasteiger partial charge in [0.25, 0.3) is 0 Å². The molecule has 2 amide bonds. The second-order valence-electron chi connectivity index (χ2n) is 5.53. The summed E-state index contributed by atoms with van der Waals surface area (Å²) in [7, 11) is 0. The molecule has 1 aromatic carbocycles. The Hall–Kier alpha value is -1.43. The van der Waals surface area contributed by atoms with E-state index in [4.69, 9.17) is 0 Å². The fraction of sp³-hybridized carbons (Fsp3) is 0.467. The van der Waals surface area contributed by atoms with E-state index in [0.717, 1.165) is 0 Å². The molecule has 1 aliphatic rings. The number of hydrogen-bond donors (Lipinski definition) is 1. The van der Waals surface area contributed by atoms with Crippen molar-refractivity contribution >= 4 is 27.7 Å². The molecule has 1 aliphatic heterocycles. The van der Waals surface area contributed by atoms with E-state index < -0.39 is 6.04 Å². The molecule has 1 fully saturated rings. The van der Waals surface area contributed by atoms with E-state index >= 15 is 0 Å². The van der Waals surface area contributed by atoms with Crippen molar-refractivity contribution < 1.29 is 14.0 Å². The van der Waals surface area contributed by atoms with Crippen LogP contribution in [0.4, 0.5) is 4.39 Å². The Kier molecular flexibility index (Phi) is 4.98. The van der Waals surface area contributed by atoms with Gasteiger partial charge in [0.1, 0.15) is 11.9 Å². The first-order chi connectivity index (χ1) is 9.88. The number of nitrogens with zero attached hydrogens (tertiary/aromatic N) is 1. The van der Waals surface area contributed by atoms with Gasteiger partial charge in [-0.05, 0) is 18.1 Å². The molecular weight excluding hydrogens is 339 g/mol. The number of benzene rings is 1. The molecular formula is C15H18BrFN2O2. The Morgan fingerprint density at radius 3 is 2.76 bits per heavy atom. The molecule has 1 unspecified atom stereocenters. The summed E-state index contributed by atoms with van der Waals surface area (Å²) in [6.45, 7) is 4.25. The van der Waals surface area contributed by atoms with Crippen LogP contribution in [0.2, 0.25) is 0 Å². The molecule has 1 atom stereocenters. The fourth-order valence-corrected chi connectivity index (χ4v) is 2.65. The highest BCUT2D eigenvalue weighted by Crippen LogP contribution is 2.19. The number of amides is 2. The van der Waals surface area contributed by atoms with Crippen molar-refractivity contribution in [1.82, 2.24) is 10.2 Å². The van der Waals surface area contributed by atoms with E-state index in [1.807, 2.05) is 13.8 Å². The van der Waals surface area contributed by atoms with Crippen molar-refractivity contribution in [2.75, 3.05) is 6.54 Å². The van der Waals surface area contributed by atoms with Crippen molar-refractivity contribution in [3.05, 3.63) is 34.1 Å². The van der Waals surface area contributed by atoms with Gasteiger partial charge in [-0.3, -0.25) is 9.59 Å². The molecule has 21 heavy (non-hydrogen) atoms. The lowest BCUT2D eigenvalue weighted by Gasteiger charge is -2.26. The van der Waals surface area contributed by atoms with Crippen LogP contribution in [0.3, 0.4) is 0 Å². The van der Waals surface area contributed by atoms with Crippen molar-refractivity contribution in [2.24, 2.45) is 5.92 Å². The number of hydrogen-bond acceptors (Lipinski definition) is 2. The van der Waals surface area contributed by atoms with E-state index in [1.54, 1.807) is 17.0 Å². The topological polar surface area (TPSA) is 49.4 Å². The molecule has 1 saturated heterocycles. The second-order valence-corrected chi connectivity index (χ2v) is 6.45. The molecule has 0 spiro atoms. The monoisotopic (exact) mass is 356 g/mol.